The van der Waals surface area contributed by atoms with Gasteiger partial charge in [-0.2, -0.15) is 0 Å². The number of piperidine rings is 1. The Kier molecular flexibility index (Phi) is 5.04. The molecular formula is C13H26N2O2S. The van der Waals surface area contributed by atoms with Crippen molar-refractivity contribution in [3.8, 4) is 0 Å². The Morgan fingerprint density at radius 3 is 2.28 bits per heavy atom. The average Bonchev–Trinajstić information content (AvgIpc) is 2.39. The molecule has 1 heterocycles. The zero-order chi connectivity index (χ0) is 13.0. The normalized spacial score (nSPS) is 31.4. The third-order valence-electron chi connectivity index (χ3n) is 4.43. The van der Waals surface area contributed by atoms with Crippen LogP contribution in [-0.4, -0.2) is 33.3 Å². The topological polar surface area (TPSA) is 58.2 Å². The first-order chi connectivity index (χ1) is 8.58. The van der Waals surface area contributed by atoms with Crippen LogP contribution in [0.4, 0.5) is 0 Å². The summed E-state index contributed by atoms with van der Waals surface area (Å²) in [5, 5.41) is 3.03. The SMILES string of the molecule is CC1CCC(CNS(=O)(=O)C2CCNCC2)CC1. The molecular weight excluding hydrogens is 248 g/mol. The van der Waals surface area contributed by atoms with Crippen molar-refractivity contribution in [3.05, 3.63) is 0 Å². The molecule has 1 saturated carbocycles. The summed E-state index contributed by atoms with van der Waals surface area (Å²) >= 11 is 0. The van der Waals surface area contributed by atoms with Crippen molar-refractivity contribution >= 4 is 10.0 Å². The first-order valence-electron chi connectivity index (χ1n) is 7.27. The fourth-order valence-corrected chi connectivity index (χ4v) is 4.55. The summed E-state index contributed by atoms with van der Waals surface area (Å²) in [5.41, 5.74) is 0. The molecule has 0 atom stereocenters. The molecule has 0 bridgehead atoms. The van der Waals surface area contributed by atoms with Crippen molar-refractivity contribution in [2.24, 2.45) is 11.8 Å². The van der Waals surface area contributed by atoms with Crippen LogP contribution >= 0.6 is 0 Å². The lowest BCUT2D eigenvalue weighted by Gasteiger charge is -2.28. The molecule has 0 spiro atoms. The van der Waals surface area contributed by atoms with Crippen LogP contribution in [-0.2, 0) is 10.0 Å². The van der Waals surface area contributed by atoms with Gasteiger partial charge < -0.3 is 5.32 Å². The van der Waals surface area contributed by atoms with Crippen LogP contribution in [0.3, 0.4) is 0 Å². The molecule has 0 unspecified atom stereocenters. The van der Waals surface area contributed by atoms with Crippen LogP contribution < -0.4 is 10.0 Å². The number of rotatable bonds is 4. The highest BCUT2D eigenvalue weighted by Crippen LogP contribution is 2.28. The van der Waals surface area contributed by atoms with Gasteiger partial charge >= 0.3 is 0 Å². The van der Waals surface area contributed by atoms with Gasteiger partial charge in [-0.15, -0.1) is 0 Å². The van der Waals surface area contributed by atoms with E-state index in [0.717, 1.165) is 31.8 Å². The number of hydrogen-bond donors (Lipinski definition) is 2. The third-order valence-corrected chi connectivity index (χ3v) is 6.35. The van der Waals surface area contributed by atoms with Crippen molar-refractivity contribution in [2.45, 2.75) is 50.7 Å². The predicted octanol–water partition coefficient (Wildman–Crippen LogP) is 1.48. The summed E-state index contributed by atoms with van der Waals surface area (Å²) in [7, 11) is -3.09. The van der Waals surface area contributed by atoms with E-state index in [2.05, 4.69) is 17.0 Å². The molecule has 0 aromatic rings. The summed E-state index contributed by atoms with van der Waals surface area (Å²) in [6.45, 7) is 4.59. The summed E-state index contributed by atoms with van der Waals surface area (Å²) < 4.78 is 27.2. The van der Waals surface area contributed by atoms with Gasteiger partial charge in [-0.25, -0.2) is 13.1 Å². The quantitative estimate of drug-likeness (QED) is 0.816. The molecule has 4 nitrogen and oxygen atoms in total. The standard InChI is InChI=1S/C13H26N2O2S/c1-11-2-4-12(5-3-11)10-15-18(16,17)13-6-8-14-9-7-13/h11-15H,2-10H2,1H3. The summed E-state index contributed by atoms with van der Waals surface area (Å²) in [4.78, 5) is 0. The highest BCUT2D eigenvalue weighted by atomic mass is 32.2. The first-order valence-corrected chi connectivity index (χ1v) is 8.82. The van der Waals surface area contributed by atoms with Crippen molar-refractivity contribution in [2.75, 3.05) is 19.6 Å². The fraction of sp³-hybridized carbons (Fsp3) is 1.00. The van der Waals surface area contributed by atoms with Gasteiger partial charge in [-0.3, -0.25) is 0 Å². The van der Waals surface area contributed by atoms with Crippen LogP contribution in [0.25, 0.3) is 0 Å². The monoisotopic (exact) mass is 274 g/mol. The Bertz CT molecular complexity index is 342. The van der Waals surface area contributed by atoms with Crippen molar-refractivity contribution in [1.29, 1.82) is 0 Å². The smallest absolute Gasteiger partial charge is 0.214 e. The molecule has 5 heteroatoms. The molecule has 1 aliphatic heterocycles. The lowest BCUT2D eigenvalue weighted by molar-refractivity contribution is 0.290. The Labute approximate surface area is 111 Å². The van der Waals surface area contributed by atoms with Crippen LogP contribution in [0.2, 0.25) is 0 Å². The molecule has 0 aromatic heterocycles. The molecule has 0 radical (unpaired) electrons. The van der Waals surface area contributed by atoms with Crippen LogP contribution in [0, 0.1) is 11.8 Å². The minimum atomic E-state index is -3.09. The fourth-order valence-electron chi connectivity index (χ4n) is 2.99. The second kappa shape index (κ2) is 6.35. The maximum atomic E-state index is 12.2. The van der Waals surface area contributed by atoms with E-state index in [1.54, 1.807) is 0 Å². The lowest BCUT2D eigenvalue weighted by atomic mass is 9.83. The van der Waals surface area contributed by atoms with Gasteiger partial charge in [0.25, 0.3) is 0 Å². The van der Waals surface area contributed by atoms with Gasteiger partial charge in [0.05, 0.1) is 5.25 Å². The van der Waals surface area contributed by atoms with Crippen molar-refractivity contribution in [3.63, 3.8) is 0 Å². The molecule has 1 saturated heterocycles. The number of sulfonamides is 1. The highest BCUT2D eigenvalue weighted by Gasteiger charge is 2.28. The molecule has 2 aliphatic rings. The predicted molar refractivity (Wildman–Crippen MR) is 73.9 cm³/mol. The van der Waals surface area contributed by atoms with Gasteiger partial charge in [-0.05, 0) is 50.6 Å². The van der Waals surface area contributed by atoms with Gasteiger partial charge in [-0.1, -0.05) is 19.8 Å². The molecule has 0 amide bonds. The minimum absolute atomic E-state index is 0.179. The number of hydrogen-bond acceptors (Lipinski definition) is 3. The second-order valence-electron chi connectivity index (χ2n) is 5.97. The second-order valence-corrected chi connectivity index (χ2v) is 8.01. The number of nitrogens with one attached hydrogen (secondary N) is 2. The van der Waals surface area contributed by atoms with E-state index in [4.69, 9.17) is 0 Å². The van der Waals surface area contributed by atoms with Gasteiger partial charge in [0.1, 0.15) is 0 Å². The molecule has 18 heavy (non-hydrogen) atoms. The first kappa shape index (κ1) is 14.3. The van der Waals surface area contributed by atoms with Gasteiger partial charge in [0.15, 0.2) is 0 Å². The zero-order valence-electron chi connectivity index (χ0n) is 11.3. The van der Waals surface area contributed by atoms with Crippen molar-refractivity contribution < 1.29 is 8.42 Å². The third kappa shape index (κ3) is 3.93. The molecule has 0 aromatic carbocycles. The van der Waals surface area contributed by atoms with E-state index in [1.165, 1.54) is 25.7 Å². The maximum Gasteiger partial charge on any atom is 0.214 e. The lowest BCUT2D eigenvalue weighted by Crippen LogP contribution is -2.43. The van der Waals surface area contributed by atoms with E-state index < -0.39 is 10.0 Å². The summed E-state index contributed by atoms with van der Waals surface area (Å²) in [6.07, 6.45) is 6.35. The molecule has 1 aliphatic carbocycles. The maximum absolute atomic E-state index is 12.2. The van der Waals surface area contributed by atoms with E-state index in [0.29, 0.717) is 12.5 Å². The van der Waals surface area contributed by atoms with Crippen LogP contribution in [0.5, 0.6) is 0 Å². The Morgan fingerprint density at radius 2 is 1.67 bits per heavy atom. The van der Waals surface area contributed by atoms with E-state index in [-0.39, 0.29) is 5.25 Å². The van der Waals surface area contributed by atoms with Crippen LogP contribution in [0.15, 0.2) is 0 Å². The Balaban J connectivity index is 1.77. The largest absolute Gasteiger partial charge is 0.317 e. The van der Waals surface area contributed by atoms with E-state index in [9.17, 15) is 8.42 Å². The van der Waals surface area contributed by atoms with Crippen molar-refractivity contribution in [1.82, 2.24) is 10.0 Å². The minimum Gasteiger partial charge on any atom is -0.317 e. The van der Waals surface area contributed by atoms with Gasteiger partial charge in [0.2, 0.25) is 10.0 Å². The van der Waals surface area contributed by atoms with Gasteiger partial charge in [0, 0.05) is 6.54 Å². The molecule has 2 N–H and O–H groups in total. The summed E-state index contributed by atoms with van der Waals surface area (Å²) in [6, 6.07) is 0. The molecule has 2 fully saturated rings. The summed E-state index contributed by atoms with van der Waals surface area (Å²) in [5.74, 6) is 1.37. The van der Waals surface area contributed by atoms with E-state index in [1.807, 2.05) is 0 Å². The highest BCUT2D eigenvalue weighted by molar-refractivity contribution is 7.90. The van der Waals surface area contributed by atoms with Crippen LogP contribution in [0.1, 0.15) is 45.4 Å². The molecule has 106 valence electrons. The zero-order valence-corrected chi connectivity index (χ0v) is 12.1. The Hall–Kier alpha value is -0.130. The Morgan fingerprint density at radius 1 is 1.06 bits per heavy atom. The molecule has 2 rings (SSSR count). The average molecular weight is 274 g/mol. The van der Waals surface area contributed by atoms with E-state index >= 15 is 0 Å².